The molecule has 0 spiro atoms. The molecule has 0 aliphatic rings. The maximum atomic E-state index is 13.4. The Balaban J connectivity index is 3.27. The summed E-state index contributed by atoms with van der Waals surface area (Å²) in [7, 11) is 1.81. The fraction of sp³-hybridized carbons (Fsp3) is 0.500. The van der Waals surface area contributed by atoms with Crippen molar-refractivity contribution in [2.45, 2.75) is 26.8 Å². The molecule has 0 aliphatic carbocycles. The Morgan fingerprint density at radius 2 is 1.81 bits per heavy atom. The van der Waals surface area contributed by atoms with E-state index in [1.807, 2.05) is 27.8 Å². The van der Waals surface area contributed by atoms with Gasteiger partial charge in [0.15, 0.2) is 11.6 Å². The minimum absolute atomic E-state index is 0.0445. The monoisotopic (exact) mass is 291 g/mol. The lowest BCUT2D eigenvalue weighted by Crippen LogP contribution is -2.30. The molecule has 1 rings (SSSR count). The highest BCUT2D eigenvalue weighted by Crippen LogP contribution is 2.37. The first-order chi connectivity index (χ1) is 7.29. The standard InChI is InChI=1S/C12H16BrF2N/c1-12(2,3)11(16-4)7-5-6-8(14)10(15)9(7)13/h5-6,11,16H,1-4H3. The van der Waals surface area contributed by atoms with E-state index in [1.54, 1.807) is 6.07 Å². The van der Waals surface area contributed by atoms with Crippen molar-refractivity contribution in [1.29, 1.82) is 0 Å². The van der Waals surface area contributed by atoms with E-state index in [-0.39, 0.29) is 15.9 Å². The zero-order valence-corrected chi connectivity index (χ0v) is 11.5. The summed E-state index contributed by atoms with van der Waals surface area (Å²) in [6, 6.07) is 2.72. The van der Waals surface area contributed by atoms with Gasteiger partial charge in [-0.25, -0.2) is 8.78 Å². The van der Waals surface area contributed by atoms with Crippen molar-refractivity contribution in [2.75, 3.05) is 7.05 Å². The van der Waals surface area contributed by atoms with Crippen molar-refractivity contribution >= 4 is 15.9 Å². The first kappa shape index (κ1) is 13.6. The van der Waals surface area contributed by atoms with Gasteiger partial charge in [0.1, 0.15) is 0 Å². The Hall–Kier alpha value is -0.480. The lowest BCUT2D eigenvalue weighted by Gasteiger charge is -2.31. The molecule has 0 radical (unpaired) electrons. The lowest BCUT2D eigenvalue weighted by molar-refractivity contribution is 0.285. The van der Waals surface area contributed by atoms with Crippen molar-refractivity contribution in [3.63, 3.8) is 0 Å². The molecule has 1 N–H and O–H groups in total. The van der Waals surface area contributed by atoms with Gasteiger partial charge in [0.25, 0.3) is 0 Å². The van der Waals surface area contributed by atoms with Crippen LogP contribution in [0.2, 0.25) is 0 Å². The molecule has 16 heavy (non-hydrogen) atoms. The third-order valence-electron chi connectivity index (χ3n) is 2.53. The largest absolute Gasteiger partial charge is 0.313 e. The molecule has 0 saturated carbocycles. The molecule has 0 aliphatic heterocycles. The van der Waals surface area contributed by atoms with Gasteiger partial charge in [0.05, 0.1) is 4.47 Å². The van der Waals surface area contributed by atoms with Gasteiger partial charge in [-0.1, -0.05) is 26.8 Å². The Bertz CT molecular complexity index is 385. The van der Waals surface area contributed by atoms with Crippen LogP contribution < -0.4 is 5.32 Å². The van der Waals surface area contributed by atoms with Gasteiger partial charge in [0, 0.05) is 6.04 Å². The number of nitrogens with one attached hydrogen (secondary N) is 1. The Morgan fingerprint density at radius 3 is 2.25 bits per heavy atom. The Labute approximate surface area is 103 Å². The van der Waals surface area contributed by atoms with E-state index in [2.05, 4.69) is 21.2 Å². The molecule has 1 nitrogen and oxygen atoms in total. The van der Waals surface area contributed by atoms with Gasteiger partial charge in [-0.3, -0.25) is 0 Å². The Morgan fingerprint density at radius 1 is 1.25 bits per heavy atom. The average Bonchev–Trinajstić information content (AvgIpc) is 2.17. The van der Waals surface area contributed by atoms with Gasteiger partial charge < -0.3 is 5.32 Å². The van der Waals surface area contributed by atoms with Gasteiger partial charge in [-0.2, -0.15) is 0 Å². The van der Waals surface area contributed by atoms with Crippen LogP contribution >= 0.6 is 15.9 Å². The lowest BCUT2D eigenvalue weighted by atomic mass is 9.82. The van der Waals surface area contributed by atoms with E-state index in [1.165, 1.54) is 0 Å². The third-order valence-corrected chi connectivity index (χ3v) is 3.34. The van der Waals surface area contributed by atoms with Crippen LogP contribution in [-0.4, -0.2) is 7.05 Å². The fourth-order valence-corrected chi connectivity index (χ4v) is 2.37. The van der Waals surface area contributed by atoms with E-state index in [9.17, 15) is 8.78 Å². The number of hydrogen-bond donors (Lipinski definition) is 1. The summed E-state index contributed by atoms with van der Waals surface area (Å²) in [4.78, 5) is 0. The van der Waals surface area contributed by atoms with Crippen molar-refractivity contribution in [1.82, 2.24) is 5.32 Å². The molecule has 90 valence electrons. The van der Waals surface area contributed by atoms with Crippen molar-refractivity contribution in [3.8, 4) is 0 Å². The van der Waals surface area contributed by atoms with Crippen LogP contribution in [0.3, 0.4) is 0 Å². The van der Waals surface area contributed by atoms with Gasteiger partial charge >= 0.3 is 0 Å². The normalized spacial score (nSPS) is 13.9. The van der Waals surface area contributed by atoms with Gasteiger partial charge in [-0.15, -0.1) is 0 Å². The molecular weight excluding hydrogens is 276 g/mol. The highest BCUT2D eigenvalue weighted by molar-refractivity contribution is 9.10. The summed E-state index contributed by atoms with van der Waals surface area (Å²) in [6.45, 7) is 6.13. The second-order valence-corrected chi connectivity index (χ2v) is 5.65. The molecule has 1 atom stereocenters. The van der Waals surface area contributed by atoms with Crippen LogP contribution in [0.15, 0.2) is 16.6 Å². The molecule has 1 aromatic rings. The second kappa shape index (κ2) is 4.80. The minimum Gasteiger partial charge on any atom is -0.313 e. The highest BCUT2D eigenvalue weighted by Gasteiger charge is 2.27. The first-order valence-electron chi connectivity index (χ1n) is 5.09. The quantitative estimate of drug-likeness (QED) is 0.811. The summed E-state index contributed by atoms with van der Waals surface area (Å²) in [5, 5.41) is 3.13. The van der Waals surface area contributed by atoms with Crippen LogP contribution in [0.25, 0.3) is 0 Å². The summed E-state index contributed by atoms with van der Waals surface area (Å²) in [6.07, 6.45) is 0. The minimum atomic E-state index is -0.834. The van der Waals surface area contributed by atoms with E-state index in [0.29, 0.717) is 0 Å². The maximum absolute atomic E-state index is 13.4. The van der Waals surface area contributed by atoms with Crippen LogP contribution in [0.1, 0.15) is 32.4 Å². The smallest absolute Gasteiger partial charge is 0.173 e. The van der Waals surface area contributed by atoms with Crippen molar-refractivity contribution in [2.24, 2.45) is 5.41 Å². The SMILES string of the molecule is CNC(c1ccc(F)c(F)c1Br)C(C)(C)C. The van der Waals surface area contributed by atoms with Crippen LogP contribution in [-0.2, 0) is 0 Å². The summed E-state index contributed by atoms with van der Waals surface area (Å²) in [5.74, 6) is -1.67. The predicted octanol–water partition coefficient (Wildman–Crippen LogP) is 4.03. The van der Waals surface area contributed by atoms with E-state index in [4.69, 9.17) is 0 Å². The molecule has 0 fully saturated rings. The molecule has 0 aromatic heterocycles. The maximum Gasteiger partial charge on any atom is 0.173 e. The van der Waals surface area contributed by atoms with E-state index < -0.39 is 11.6 Å². The zero-order chi connectivity index (χ0) is 12.5. The number of rotatable bonds is 2. The third kappa shape index (κ3) is 2.61. The van der Waals surface area contributed by atoms with Crippen LogP contribution in [0.5, 0.6) is 0 Å². The number of benzene rings is 1. The molecular formula is C12H16BrF2N. The van der Waals surface area contributed by atoms with Gasteiger partial charge in [-0.05, 0) is 40.0 Å². The molecule has 0 heterocycles. The van der Waals surface area contributed by atoms with E-state index >= 15 is 0 Å². The predicted molar refractivity (Wildman–Crippen MR) is 65.3 cm³/mol. The first-order valence-corrected chi connectivity index (χ1v) is 5.89. The molecule has 4 heteroatoms. The van der Waals surface area contributed by atoms with Crippen LogP contribution in [0, 0.1) is 17.0 Å². The summed E-state index contributed by atoms with van der Waals surface area (Å²) in [5.41, 5.74) is 0.649. The average molecular weight is 292 g/mol. The van der Waals surface area contributed by atoms with Crippen molar-refractivity contribution < 1.29 is 8.78 Å². The highest BCUT2D eigenvalue weighted by atomic mass is 79.9. The molecule has 0 bridgehead atoms. The fourth-order valence-electron chi connectivity index (χ4n) is 1.82. The van der Waals surface area contributed by atoms with Crippen molar-refractivity contribution in [3.05, 3.63) is 33.8 Å². The summed E-state index contributed by atoms with van der Waals surface area (Å²) >= 11 is 3.11. The van der Waals surface area contributed by atoms with Crippen LogP contribution in [0.4, 0.5) is 8.78 Å². The second-order valence-electron chi connectivity index (χ2n) is 4.85. The molecule has 0 amide bonds. The number of halogens is 3. The molecule has 1 unspecified atom stereocenters. The van der Waals surface area contributed by atoms with Gasteiger partial charge in [0.2, 0.25) is 0 Å². The van der Waals surface area contributed by atoms with E-state index in [0.717, 1.165) is 11.6 Å². The molecule has 1 aromatic carbocycles. The Kier molecular flexibility index (Phi) is 4.07. The molecule has 0 saturated heterocycles. The zero-order valence-electron chi connectivity index (χ0n) is 9.87. The topological polar surface area (TPSA) is 12.0 Å². The summed E-state index contributed by atoms with van der Waals surface area (Å²) < 4.78 is 26.6. The number of hydrogen-bond acceptors (Lipinski definition) is 1.